The second-order valence-electron chi connectivity index (χ2n) is 4.08. The summed E-state index contributed by atoms with van der Waals surface area (Å²) in [4.78, 5) is 0. The van der Waals surface area contributed by atoms with Crippen LogP contribution in [0.1, 0.15) is 5.56 Å². The topological polar surface area (TPSA) is 36.1 Å². The van der Waals surface area contributed by atoms with Crippen molar-refractivity contribution in [3.05, 3.63) is 59.1 Å². The molecule has 5 heteroatoms. The minimum atomic E-state index is 0.501. The van der Waals surface area contributed by atoms with E-state index in [4.69, 9.17) is 23.8 Å². The van der Waals surface area contributed by atoms with E-state index in [1.54, 1.807) is 0 Å². The average Bonchev–Trinajstić information content (AvgIpc) is 2.38. The van der Waals surface area contributed by atoms with Gasteiger partial charge in [0.1, 0.15) is 0 Å². The van der Waals surface area contributed by atoms with Gasteiger partial charge in [-0.05, 0) is 61.1 Å². The number of nitrogens with one attached hydrogen (secondary N) is 3. The van der Waals surface area contributed by atoms with E-state index in [1.165, 1.54) is 5.56 Å². The molecule has 0 aliphatic carbocycles. The van der Waals surface area contributed by atoms with Gasteiger partial charge in [0.05, 0.1) is 5.69 Å². The van der Waals surface area contributed by atoms with Crippen molar-refractivity contribution in [3.8, 4) is 0 Å². The maximum absolute atomic E-state index is 5.81. The molecule has 0 aliphatic heterocycles. The van der Waals surface area contributed by atoms with Crippen molar-refractivity contribution in [1.82, 2.24) is 5.43 Å². The van der Waals surface area contributed by atoms with E-state index in [-0.39, 0.29) is 0 Å². The lowest BCUT2D eigenvalue weighted by atomic mass is 10.2. The van der Waals surface area contributed by atoms with Crippen molar-refractivity contribution in [2.24, 2.45) is 0 Å². The lowest BCUT2D eigenvalue weighted by Gasteiger charge is -2.12. The summed E-state index contributed by atoms with van der Waals surface area (Å²) in [5.41, 5.74) is 8.93. The highest BCUT2D eigenvalue weighted by Gasteiger charge is 1.97. The molecule has 0 aromatic heterocycles. The lowest BCUT2D eigenvalue weighted by Crippen LogP contribution is -2.33. The molecule has 98 valence electrons. The summed E-state index contributed by atoms with van der Waals surface area (Å²) in [6.07, 6.45) is 0. The van der Waals surface area contributed by atoms with Gasteiger partial charge in [-0.25, -0.2) is 0 Å². The Kier molecular flexibility index (Phi) is 4.60. The zero-order valence-electron chi connectivity index (χ0n) is 10.4. The van der Waals surface area contributed by atoms with Crippen LogP contribution in [0.15, 0.2) is 48.5 Å². The summed E-state index contributed by atoms with van der Waals surface area (Å²) in [6.45, 7) is 2.04. The maximum Gasteiger partial charge on any atom is 0.189 e. The van der Waals surface area contributed by atoms with Crippen molar-refractivity contribution in [3.63, 3.8) is 0 Å². The number of halogens is 1. The van der Waals surface area contributed by atoms with E-state index in [0.29, 0.717) is 10.1 Å². The first-order valence-corrected chi connectivity index (χ1v) is 6.57. The zero-order chi connectivity index (χ0) is 13.7. The summed E-state index contributed by atoms with van der Waals surface area (Å²) in [7, 11) is 0. The fourth-order valence-electron chi connectivity index (χ4n) is 1.55. The predicted molar refractivity (Wildman–Crippen MR) is 85.6 cm³/mol. The number of rotatable bonds is 3. The Hall–Kier alpha value is -1.78. The highest BCUT2D eigenvalue weighted by atomic mass is 35.5. The molecule has 0 aliphatic rings. The summed E-state index contributed by atoms with van der Waals surface area (Å²) in [5.74, 6) is 0. The van der Waals surface area contributed by atoms with E-state index in [9.17, 15) is 0 Å². The first-order valence-electron chi connectivity index (χ1n) is 5.79. The molecule has 0 heterocycles. The van der Waals surface area contributed by atoms with Gasteiger partial charge >= 0.3 is 0 Å². The van der Waals surface area contributed by atoms with Crippen LogP contribution >= 0.6 is 23.8 Å². The van der Waals surface area contributed by atoms with Crippen LogP contribution in [0.2, 0.25) is 5.02 Å². The molecule has 2 aromatic carbocycles. The van der Waals surface area contributed by atoms with Crippen LogP contribution in [0.5, 0.6) is 0 Å². The summed E-state index contributed by atoms with van der Waals surface area (Å²) in [5, 5.41) is 4.30. The molecule has 2 aromatic rings. The van der Waals surface area contributed by atoms with Crippen molar-refractivity contribution in [2.75, 3.05) is 10.7 Å². The molecule has 0 saturated carbocycles. The van der Waals surface area contributed by atoms with E-state index in [0.717, 1.165) is 11.4 Å². The first-order chi connectivity index (χ1) is 9.13. The highest BCUT2D eigenvalue weighted by Crippen LogP contribution is 2.12. The van der Waals surface area contributed by atoms with Gasteiger partial charge in [-0.2, -0.15) is 0 Å². The molecule has 3 nitrogen and oxygen atoms in total. The third-order valence-corrected chi connectivity index (χ3v) is 2.90. The molecular formula is C14H14ClN3S. The minimum Gasteiger partial charge on any atom is -0.331 e. The van der Waals surface area contributed by atoms with Crippen LogP contribution in [0, 0.1) is 6.92 Å². The number of hydrazine groups is 1. The average molecular weight is 292 g/mol. The van der Waals surface area contributed by atoms with Gasteiger partial charge in [-0.15, -0.1) is 0 Å². The molecule has 0 amide bonds. The SMILES string of the molecule is Cc1cccc(NC(=S)NNc2ccc(Cl)cc2)c1. The molecule has 0 bridgehead atoms. The normalized spacial score (nSPS) is 9.79. The fraction of sp³-hybridized carbons (Fsp3) is 0.0714. The van der Waals surface area contributed by atoms with Crippen LogP contribution in [0.4, 0.5) is 11.4 Å². The van der Waals surface area contributed by atoms with E-state index in [1.807, 2.05) is 55.5 Å². The van der Waals surface area contributed by atoms with Gasteiger partial charge in [0.2, 0.25) is 0 Å². The number of aryl methyl sites for hydroxylation is 1. The Morgan fingerprint density at radius 3 is 2.47 bits per heavy atom. The molecule has 0 atom stereocenters. The number of hydrogen-bond acceptors (Lipinski definition) is 2. The molecule has 0 unspecified atom stereocenters. The number of anilines is 2. The predicted octanol–water partition coefficient (Wildman–Crippen LogP) is 3.96. The Morgan fingerprint density at radius 2 is 1.79 bits per heavy atom. The molecular weight excluding hydrogens is 278 g/mol. The van der Waals surface area contributed by atoms with Gasteiger partial charge < -0.3 is 5.32 Å². The Balaban J connectivity index is 1.86. The van der Waals surface area contributed by atoms with Crippen molar-refractivity contribution in [2.45, 2.75) is 6.92 Å². The zero-order valence-corrected chi connectivity index (χ0v) is 12.0. The van der Waals surface area contributed by atoms with E-state index >= 15 is 0 Å². The maximum atomic E-state index is 5.81. The minimum absolute atomic E-state index is 0.501. The van der Waals surface area contributed by atoms with Gasteiger partial charge in [0.15, 0.2) is 5.11 Å². The third kappa shape index (κ3) is 4.43. The number of hydrogen-bond donors (Lipinski definition) is 3. The van der Waals surface area contributed by atoms with Crippen molar-refractivity contribution >= 4 is 40.3 Å². The number of thiocarbonyl (C=S) groups is 1. The Labute approximate surface area is 123 Å². The molecule has 19 heavy (non-hydrogen) atoms. The van der Waals surface area contributed by atoms with Gasteiger partial charge in [-0.1, -0.05) is 23.7 Å². The molecule has 3 N–H and O–H groups in total. The second kappa shape index (κ2) is 6.41. The standard InChI is InChI=1S/C14H14ClN3S/c1-10-3-2-4-13(9-10)16-14(19)18-17-12-7-5-11(15)6-8-12/h2-9,17H,1H3,(H2,16,18,19). The van der Waals surface area contributed by atoms with Gasteiger partial charge in [0.25, 0.3) is 0 Å². The summed E-state index contributed by atoms with van der Waals surface area (Å²) >= 11 is 11.0. The van der Waals surface area contributed by atoms with Gasteiger partial charge in [0, 0.05) is 10.7 Å². The Bertz CT molecular complexity index is 569. The molecule has 0 spiro atoms. The van der Waals surface area contributed by atoms with Crippen LogP contribution in [0.3, 0.4) is 0 Å². The molecule has 2 rings (SSSR count). The second-order valence-corrected chi connectivity index (χ2v) is 4.93. The number of benzene rings is 2. The fourth-order valence-corrected chi connectivity index (χ4v) is 1.84. The lowest BCUT2D eigenvalue weighted by molar-refractivity contribution is 1.14. The first kappa shape index (κ1) is 13.6. The molecule has 0 fully saturated rings. The monoisotopic (exact) mass is 291 g/mol. The third-order valence-electron chi connectivity index (χ3n) is 2.44. The van der Waals surface area contributed by atoms with E-state index in [2.05, 4.69) is 16.2 Å². The summed E-state index contributed by atoms with van der Waals surface area (Å²) in [6, 6.07) is 15.3. The van der Waals surface area contributed by atoms with E-state index < -0.39 is 0 Å². The van der Waals surface area contributed by atoms with Crippen LogP contribution in [-0.2, 0) is 0 Å². The highest BCUT2D eigenvalue weighted by molar-refractivity contribution is 7.80. The van der Waals surface area contributed by atoms with Crippen LogP contribution in [-0.4, -0.2) is 5.11 Å². The molecule has 0 radical (unpaired) electrons. The van der Waals surface area contributed by atoms with Crippen molar-refractivity contribution < 1.29 is 0 Å². The van der Waals surface area contributed by atoms with Gasteiger partial charge in [-0.3, -0.25) is 10.9 Å². The van der Waals surface area contributed by atoms with Crippen LogP contribution in [0.25, 0.3) is 0 Å². The van der Waals surface area contributed by atoms with Crippen molar-refractivity contribution in [1.29, 1.82) is 0 Å². The van der Waals surface area contributed by atoms with Crippen LogP contribution < -0.4 is 16.2 Å². The Morgan fingerprint density at radius 1 is 1.05 bits per heavy atom. The largest absolute Gasteiger partial charge is 0.331 e. The smallest absolute Gasteiger partial charge is 0.189 e. The summed E-state index contributed by atoms with van der Waals surface area (Å²) < 4.78 is 0. The molecule has 0 saturated heterocycles. The quantitative estimate of drug-likeness (QED) is 0.591.